The van der Waals surface area contributed by atoms with Crippen LogP contribution in [0.3, 0.4) is 0 Å². The molecule has 9 nitrogen and oxygen atoms in total. The number of esters is 1. The Morgan fingerprint density at radius 1 is 1.31 bits per heavy atom. The summed E-state index contributed by atoms with van der Waals surface area (Å²) < 4.78 is 11.6. The van der Waals surface area contributed by atoms with Crippen LogP contribution in [-0.2, 0) is 21.4 Å². The van der Waals surface area contributed by atoms with E-state index in [0.717, 1.165) is 0 Å². The second kappa shape index (κ2) is 8.68. The van der Waals surface area contributed by atoms with E-state index in [4.69, 9.17) is 9.47 Å². The van der Waals surface area contributed by atoms with E-state index in [2.05, 4.69) is 5.10 Å². The maximum Gasteiger partial charge on any atom is 0.309 e. The highest BCUT2D eigenvalue weighted by atomic mass is 16.5. The van der Waals surface area contributed by atoms with Crippen LogP contribution in [0.25, 0.3) is 0 Å². The monoisotopic (exact) mass is 366 g/mol. The Balaban J connectivity index is 1.89. The highest BCUT2D eigenvalue weighted by molar-refractivity contribution is 5.98. The first-order valence-electron chi connectivity index (χ1n) is 8.64. The molecule has 0 unspecified atom stereocenters. The lowest BCUT2D eigenvalue weighted by molar-refractivity contribution is -0.151. The zero-order valence-corrected chi connectivity index (χ0v) is 15.7. The summed E-state index contributed by atoms with van der Waals surface area (Å²) >= 11 is 0. The Bertz CT molecular complexity index is 664. The Hall–Kier alpha value is -2.58. The molecule has 144 valence electrons. The van der Waals surface area contributed by atoms with E-state index in [-0.39, 0.29) is 36.1 Å². The van der Waals surface area contributed by atoms with E-state index in [1.807, 2.05) is 0 Å². The van der Waals surface area contributed by atoms with E-state index in [0.29, 0.717) is 38.1 Å². The minimum Gasteiger partial charge on any atom is -0.479 e. The summed E-state index contributed by atoms with van der Waals surface area (Å²) in [7, 11) is 4.70. The number of hydrogen-bond acceptors (Lipinski definition) is 6. The van der Waals surface area contributed by atoms with Crippen molar-refractivity contribution in [1.82, 2.24) is 19.6 Å². The quantitative estimate of drug-likeness (QED) is 0.672. The van der Waals surface area contributed by atoms with Crippen molar-refractivity contribution in [2.45, 2.75) is 19.8 Å². The smallest absolute Gasteiger partial charge is 0.309 e. The predicted molar refractivity (Wildman–Crippen MR) is 92.7 cm³/mol. The van der Waals surface area contributed by atoms with E-state index in [9.17, 15) is 14.4 Å². The fourth-order valence-electron chi connectivity index (χ4n) is 2.97. The van der Waals surface area contributed by atoms with Crippen LogP contribution < -0.4 is 4.74 Å². The van der Waals surface area contributed by atoms with Gasteiger partial charge >= 0.3 is 5.97 Å². The van der Waals surface area contributed by atoms with Crippen molar-refractivity contribution < 1.29 is 23.9 Å². The lowest BCUT2D eigenvalue weighted by atomic mass is 9.97. The number of aryl methyl sites for hydroxylation is 1. The number of likely N-dealkylation sites (tertiary alicyclic amines) is 1. The van der Waals surface area contributed by atoms with Gasteiger partial charge in [-0.15, -0.1) is 5.10 Å². The fourth-order valence-corrected chi connectivity index (χ4v) is 2.97. The number of rotatable bonds is 6. The summed E-state index contributed by atoms with van der Waals surface area (Å²) in [5, 5.41) is 4.05. The average Bonchev–Trinajstić information content (AvgIpc) is 3.02. The van der Waals surface area contributed by atoms with Crippen LogP contribution in [0, 0.1) is 5.92 Å². The molecule has 1 fully saturated rings. The second-order valence-corrected chi connectivity index (χ2v) is 6.29. The van der Waals surface area contributed by atoms with Crippen LogP contribution >= 0.6 is 0 Å². The molecule has 0 aliphatic carbocycles. The molecule has 9 heteroatoms. The molecule has 0 radical (unpaired) electrons. The van der Waals surface area contributed by atoms with Gasteiger partial charge in [-0.05, 0) is 19.8 Å². The molecule has 0 atom stereocenters. The van der Waals surface area contributed by atoms with Crippen molar-refractivity contribution in [2.75, 3.05) is 40.4 Å². The molecule has 2 heterocycles. The van der Waals surface area contributed by atoms with E-state index < -0.39 is 0 Å². The van der Waals surface area contributed by atoms with Crippen LogP contribution in [-0.4, -0.2) is 77.8 Å². The zero-order chi connectivity index (χ0) is 19.3. The van der Waals surface area contributed by atoms with Crippen molar-refractivity contribution in [1.29, 1.82) is 0 Å². The van der Waals surface area contributed by atoms with Gasteiger partial charge in [-0.25, -0.2) is 0 Å². The third-order valence-electron chi connectivity index (χ3n) is 4.41. The van der Waals surface area contributed by atoms with Crippen LogP contribution in [0.4, 0.5) is 0 Å². The van der Waals surface area contributed by atoms with Gasteiger partial charge in [0.2, 0.25) is 11.8 Å². The molecule has 1 aliphatic heterocycles. The van der Waals surface area contributed by atoms with Gasteiger partial charge in [-0.1, -0.05) is 0 Å². The third-order valence-corrected chi connectivity index (χ3v) is 4.41. The van der Waals surface area contributed by atoms with Crippen LogP contribution in [0.2, 0.25) is 0 Å². The number of nitrogens with zero attached hydrogens (tertiary/aromatic N) is 4. The SMILES string of the molecule is CCOC(=O)C1CCN(C(=O)CN(C)C(=O)c2cn(C)nc2OC)CC1. The van der Waals surface area contributed by atoms with Crippen molar-refractivity contribution >= 4 is 17.8 Å². The molecular weight excluding hydrogens is 340 g/mol. The Morgan fingerprint density at radius 2 is 1.96 bits per heavy atom. The van der Waals surface area contributed by atoms with Gasteiger partial charge in [0.05, 0.1) is 26.2 Å². The van der Waals surface area contributed by atoms with Gasteiger partial charge in [-0.2, -0.15) is 0 Å². The Labute approximate surface area is 152 Å². The summed E-state index contributed by atoms with van der Waals surface area (Å²) in [5.41, 5.74) is 0.311. The molecule has 0 spiro atoms. The molecule has 0 bridgehead atoms. The lowest BCUT2D eigenvalue weighted by Crippen LogP contribution is -2.45. The minimum absolute atomic E-state index is 0.0407. The second-order valence-electron chi connectivity index (χ2n) is 6.29. The maximum atomic E-state index is 12.5. The summed E-state index contributed by atoms with van der Waals surface area (Å²) in [6, 6.07) is 0. The largest absolute Gasteiger partial charge is 0.479 e. The first kappa shape index (κ1) is 19.7. The number of methoxy groups -OCH3 is 1. The first-order chi connectivity index (χ1) is 12.4. The number of hydrogen-bond donors (Lipinski definition) is 0. The normalized spacial score (nSPS) is 14.8. The molecule has 2 amide bonds. The Kier molecular flexibility index (Phi) is 6.59. The topological polar surface area (TPSA) is 94.0 Å². The number of piperidine rings is 1. The van der Waals surface area contributed by atoms with Gasteiger partial charge in [0, 0.05) is 33.4 Å². The zero-order valence-electron chi connectivity index (χ0n) is 15.7. The molecular formula is C17H26N4O5. The summed E-state index contributed by atoms with van der Waals surface area (Å²) in [5.74, 6) is -0.601. The van der Waals surface area contributed by atoms with Crippen molar-refractivity contribution in [3.63, 3.8) is 0 Å². The molecule has 1 aromatic rings. The number of carbonyl (C=O) groups excluding carboxylic acids is 3. The average molecular weight is 366 g/mol. The highest BCUT2D eigenvalue weighted by Gasteiger charge is 2.29. The number of amides is 2. The summed E-state index contributed by atoms with van der Waals surface area (Å²) in [6.07, 6.45) is 2.73. The van der Waals surface area contributed by atoms with E-state index in [1.54, 1.807) is 32.1 Å². The van der Waals surface area contributed by atoms with Crippen LogP contribution in [0.5, 0.6) is 5.88 Å². The van der Waals surface area contributed by atoms with Gasteiger partial charge in [0.15, 0.2) is 0 Å². The summed E-state index contributed by atoms with van der Waals surface area (Å²) in [4.78, 5) is 39.8. The van der Waals surface area contributed by atoms with E-state index in [1.165, 1.54) is 16.7 Å². The maximum absolute atomic E-state index is 12.5. The molecule has 26 heavy (non-hydrogen) atoms. The van der Waals surface area contributed by atoms with Crippen LogP contribution in [0.1, 0.15) is 30.1 Å². The molecule has 1 aromatic heterocycles. The standard InChI is InChI=1S/C17H26N4O5/c1-5-26-17(24)12-6-8-21(9-7-12)14(22)11-19(2)16(23)13-10-20(3)18-15(13)25-4/h10,12H,5-9,11H2,1-4H3. The first-order valence-corrected chi connectivity index (χ1v) is 8.64. The predicted octanol–water partition coefficient (Wildman–Crippen LogP) is 0.302. The fraction of sp³-hybridized carbons (Fsp3) is 0.647. The number of carbonyl (C=O) groups is 3. The molecule has 2 rings (SSSR count). The van der Waals surface area contributed by atoms with Crippen molar-refractivity contribution in [3.8, 4) is 5.88 Å². The molecule has 0 aromatic carbocycles. The molecule has 1 saturated heterocycles. The van der Waals surface area contributed by atoms with Gasteiger partial charge in [0.25, 0.3) is 5.91 Å². The molecule has 0 N–H and O–H groups in total. The van der Waals surface area contributed by atoms with Crippen molar-refractivity contribution in [2.24, 2.45) is 13.0 Å². The number of aromatic nitrogens is 2. The summed E-state index contributed by atoms with van der Waals surface area (Å²) in [6.45, 7) is 3.07. The van der Waals surface area contributed by atoms with Crippen molar-refractivity contribution in [3.05, 3.63) is 11.8 Å². The van der Waals surface area contributed by atoms with Gasteiger partial charge < -0.3 is 19.3 Å². The van der Waals surface area contributed by atoms with Crippen LogP contribution in [0.15, 0.2) is 6.20 Å². The molecule has 0 saturated carbocycles. The Morgan fingerprint density at radius 3 is 2.54 bits per heavy atom. The number of ether oxygens (including phenoxy) is 2. The third kappa shape index (κ3) is 4.53. The van der Waals surface area contributed by atoms with Gasteiger partial charge in [0.1, 0.15) is 5.56 Å². The minimum atomic E-state index is -0.329. The molecule has 1 aliphatic rings. The van der Waals surface area contributed by atoms with E-state index >= 15 is 0 Å². The lowest BCUT2D eigenvalue weighted by Gasteiger charge is -2.32. The van der Waals surface area contributed by atoms with Gasteiger partial charge in [-0.3, -0.25) is 19.1 Å². The number of likely N-dealkylation sites (N-methyl/N-ethyl adjacent to an activating group) is 1. The highest BCUT2D eigenvalue weighted by Crippen LogP contribution is 2.20.